The number of ether oxygens (including phenoxy) is 1. The summed E-state index contributed by atoms with van der Waals surface area (Å²) in [5, 5.41) is 0. The van der Waals surface area contributed by atoms with Crippen LogP contribution in [-0.2, 0) is 9.53 Å². The highest BCUT2D eigenvalue weighted by atomic mass is 16.6. The molecule has 0 spiro atoms. The molecule has 0 aromatic rings. The third kappa shape index (κ3) is 6.98. The Morgan fingerprint density at radius 3 is 1.95 bits per heavy atom. The predicted molar refractivity (Wildman–Crippen MR) is 93.8 cm³/mol. The van der Waals surface area contributed by atoms with Crippen molar-refractivity contribution in [2.75, 3.05) is 0 Å². The summed E-state index contributed by atoms with van der Waals surface area (Å²) in [6, 6.07) is 0. The average Bonchev–Trinajstić information content (AvgIpc) is 2.79. The zero-order valence-electron chi connectivity index (χ0n) is 14.8. The summed E-state index contributed by atoms with van der Waals surface area (Å²) in [4.78, 5) is 11.6. The molecular formula is C20H36O2. The van der Waals surface area contributed by atoms with Gasteiger partial charge in [-0.25, -0.2) is 0 Å². The van der Waals surface area contributed by atoms with Crippen molar-refractivity contribution < 1.29 is 9.53 Å². The van der Waals surface area contributed by atoms with Crippen LogP contribution in [0.5, 0.6) is 0 Å². The Morgan fingerprint density at radius 2 is 1.45 bits per heavy atom. The van der Waals surface area contributed by atoms with E-state index < -0.39 is 0 Å². The maximum atomic E-state index is 11.6. The first kappa shape index (κ1) is 19.3. The minimum absolute atomic E-state index is 0.00444. The largest absolute Gasteiger partial charge is 0.461 e. The predicted octanol–water partition coefficient (Wildman–Crippen LogP) is 6.05. The van der Waals surface area contributed by atoms with Crippen LogP contribution >= 0.6 is 0 Å². The topological polar surface area (TPSA) is 26.3 Å². The summed E-state index contributed by atoms with van der Waals surface area (Å²) < 4.78 is 5.46. The molecule has 0 radical (unpaired) electrons. The fraction of sp³-hybridized carbons (Fsp3) is 0.850. The summed E-state index contributed by atoms with van der Waals surface area (Å²) in [6.07, 6.45) is 17.9. The van der Waals surface area contributed by atoms with E-state index in [1.54, 1.807) is 0 Å². The van der Waals surface area contributed by atoms with Crippen LogP contribution in [0.1, 0.15) is 90.9 Å². The molecule has 0 amide bonds. The van der Waals surface area contributed by atoms with Crippen molar-refractivity contribution in [3.05, 3.63) is 12.7 Å². The Labute approximate surface area is 137 Å². The summed E-state index contributed by atoms with van der Waals surface area (Å²) in [7, 11) is 0. The highest BCUT2D eigenvalue weighted by molar-refractivity contribution is 5.75. The standard InChI is InChI=1S/C20H36O2/c1-4-6-7-8-9-10-11-12-13-14-15-16-19-18(5-2)17(3)20(21)22-19/h5,17-19H,2,4,6-16H2,1,3H3/t17-,18-,19-/m0/s1. The van der Waals surface area contributed by atoms with Gasteiger partial charge in [-0.15, -0.1) is 6.58 Å². The van der Waals surface area contributed by atoms with Crippen LogP contribution in [0.25, 0.3) is 0 Å². The van der Waals surface area contributed by atoms with Crippen molar-refractivity contribution in [2.24, 2.45) is 11.8 Å². The fourth-order valence-corrected chi connectivity index (χ4v) is 3.43. The van der Waals surface area contributed by atoms with Crippen LogP contribution in [0.15, 0.2) is 12.7 Å². The van der Waals surface area contributed by atoms with E-state index in [-0.39, 0.29) is 23.9 Å². The summed E-state index contributed by atoms with van der Waals surface area (Å²) in [5.41, 5.74) is 0. The van der Waals surface area contributed by atoms with Gasteiger partial charge in [-0.1, -0.05) is 84.1 Å². The minimum atomic E-state index is -0.0435. The summed E-state index contributed by atoms with van der Waals surface area (Å²) in [6.45, 7) is 8.07. The van der Waals surface area contributed by atoms with E-state index in [0.717, 1.165) is 6.42 Å². The molecule has 0 unspecified atom stereocenters. The van der Waals surface area contributed by atoms with Gasteiger partial charge in [-0.05, 0) is 12.8 Å². The van der Waals surface area contributed by atoms with E-state index in [1.807, 2.05) is 13.0 Å². The molecular weight excluding hydrogens is 272 g/mol. The van der Waals surface area contributed by atoms with Gasteiger partial charge in [0, 0.05) is 5.92 Å². The number of unbranched alkanes of at least 4 members (excludes halogenated alkanes) is 10. The molecule has 0 saturated carbocycles. The van der Waals surface area contributed by atoms with Gasteiger partial charge in [0.25, 0.3) is 0 Å². The fourth-order valence-electron chi connectivity index (χ4n) is 3.43. The number of hydrogen-bond acceptors (Lipinski definition) is 2. The van der Waals surface area contributed by atoms with E-state index in [9.17, 15) is 4.79 Å². The van der Waals surface area contributed by atoms with E-state index in [2.05, 4.69) is 13.5 Å². The monoisotopic (exact) mass is 308 g/mol. The van der Waals surface area contributed by atoms with Crippen LogP contribution in [0, 0.1) is 11.8 Å². The molecule has 1 rings (SSSR count). The van der Waals surface area contributed by atoms with Crippen LogP contribution in [0.4, 0.5) is 0 Å². The summed E-state index contributed by atoms with van der Waals surface area (Å²) >= 11 is 0. The Bertz CT molecular complexity index is 311. The van der Waals surface area contributed by atoms with Crippen LogP contribution in [0.2, 0.25) is 0 Å². The Morgan fingerprint density at radius 1 is 0.955 bits per heavy atom. The lowest BCUT2D eigenvalue weighted by atomic mass is 9.89. The van der Waals surface area contributed by atoms with Crippen LogP contribution in [-0.4, -0.2) is 12.1 Å². The van der Waals surface area contributed by atoms with E-state index in [0.29, 0.717) is 0 Å². The molecule has 0 aromatic carbocycles. The third-order valence-electron chi connectivity index (χ3n) is 5.01. The lowest BCUT2D eigenvalue weighted by molar-refractivity contribution is -0.144. The SMILES string of the molecule is C=C[C@@H]1[C@H](CCCCCCCCCCCCC)OC(=O)[C@H]1C. The Balaban J connectivity index is 1.93. The Kier molecular flexibility index (Phi) is 10.3. The molecule has 1 aliphatic heterocycles. The molecule has 1 aliphatic rings. The van der Waals surface area contributed by atoms with E-state index in [4.69, 9.17) is 4.74 Å². The van der Waals surface area contributed by atoms with Crippen molar-refractivity contribution in [2.45, 2.75) is 97.0 Å². The molecule has 1 fully saturated rings. The molecule has 3 atom stereocenters. The lowest BCUT2D eigenvalue weighted by Crippen LogP contribution is -2.16. The first-order chi connectivity index (χ1) is 10.7. The first-order valence-corrected chi connectivity index (χ1v) is 9.53. The van der Waals surface area contributed by atoms with Gasteiger partial charge in [0.2, 0.25) is 0 Å². The third-order valence-corrected chi connectivity index (χ3v) is 5.01. The van der Waals surface area contributed by atoms with Gasteiger partial charge in [0.1, 0.15) is 6.10 Å². The van der Waals surface area contributed by atoms with Crippen molar-refractivity contribution in [3.63, 3.8) is 0 Å². The Hall–Kier alpha value is -0.790. The zero-order chi connectivity index (χ0) is 16.2. The number of hydrogen-bond donors (Lipinski definition) is 0. The maximum absolute atomic E-state index is 11.6. The highest BCUT2D eigenvalue weighted by Gasteiger charge is 2.39. The van der Waals surface area contributed by atoms with Gasteiger partial charge < -0.3 is 4.74 Å². The number of cyclic esters (lactones) is 1. The number of rotatable bonds is 13. The second-order valence-electron chi connectivity index (χ2n) is 6.90. The van der Waals surface area contributed by atoms with Crippen molar-refractivity contribution in [1.29, 1.82) is 0 Å². The number of carbonyl (C=O) groups excluding carboxylic acids is 1. The lowest BCUT2D eigenvalue weighted by Gasteiger charge is -2.15. The molecule has 0 bridgehead atoms. The molecule has 1 saturated heterocycles. The second-order valence-corrected chi connectivity index (χ2v) is 6.90. The van der Waals surface area contributed by atoms with Crippen molar-refractivity contribution >= 4 is 5.97 Å². The number of carbonyl (C=O) groups is 1. The molecule has 2 heteroatoms. The molecule has 0 N–H and O–H groups in total. The minimum Gasteiger partial charge on any atom is -0.461 e. The van der Waals surface area contributed by atoms with Crippen LogP contribution in [0.3, 0.4) is 0 Å². The second kappa shape index (κ2) is 11.7. The highest BCUT2D eigenvalue weighted by Crippen LogP contribution is 2.32. The zero-order valence-corrected chi connectivity index (χ0v) is 14.8. The maximum Gasteiger partial charge on any atom is 0.309 e. The molecule has 0 aromatic heterocycles. The summed E-state index contributed by atoms with van der Waals surface area (Å²) in [5.74, 6) is 0.170. The number of esters is 1. The average molecular weight is 309 g/mol. The van der Waals surface area contributed by atoms with Gasteiger partial charge in [0.05, 0.1) is 5.92 Å². The quantitative estimate of drug-likeness (QED) is 0.235. The molecule has 0 aliphatic carbocycles. The van der Waals surface area contributed by atoms with Gasteiger partial charge in [0.15, 0.2) is 0 Å². The van der Waals surface area contributed by atoms with E-state index >= 15 is 0 Å². The van der Waals surface area contributed by atoms with E-state index in [1.165, 1.54) is 70.6 Å². The van der Waals surface area contributed by atoms with Crippen LogP contribution < -0.4 is 0 Å². The van der Waals surface area contributed by atoms with Gasteiger partial charge >= 0.3 is 5.97 Å². The van der Waals surface area contributed by atoms with Crippen molar-refractivity contribution in [3.8, 4) is 0 Å². The van der Waals surface area contributed by atoms with Crippen molar-refractivity contribution in [1.82, 2.24) is 0 Å². The molecule has 128 valence electrons. The van der Waals surface area contributed by atoms with Gasteiger partial charge in [-0.2, -0.15) is 0 Å². The first-order valence-electron chi connectivity index (χ1n) is 9.53. The smallest absolute Gasteiger partial charge is 0.309 e. The molecule has 1 heterocycles. The molecule has 2 nitrogen and oxygen atoms in total. The molecule has 22 heavy (non-hydrogen) atoms. The van der Waals surface area contributed by atoms with Gasteiger partial charge in [-0.3, -0.25) is 4.79 Å². The normalized spacial score (nSPS) is 24.5.